The van der Waals surface area contributed by atoms with Gasteiger partial charge in [0.15, 0.2) is 5.78 Å². The largest absolute Gasteiger partial charge is 0.381 e. The summed E-state index contributed by atoms with van der Waals surface area (Å²) in [6.07, 6.45) is 2.10. The van der Waals surface area contributed by atoms with Crippen LogP contribution in [0.25, 0.3) is 0 Å². The molecule has 0 N–H and O–H groups in total. The van der Waals surface area contributed by atoms with Crippen LogP contribution in [0.2, 0.25) is 0 Å². The van der Waals surface area contributed by atoms with Crippen molar-refractivity contribution >= 4 is 27.6 Å². The molecule has 0 aliphatic carbocycles. The van der Waals surface area contributed by atoms with Crippen molar-refractivity contribution in [3.8, 4) is 0 Å². The Hall–Kier alpha value is -2.12. The monoisotopic (exact) mass is 491 g/mol. The summed E-state index contributed by atoms with van der Waals surface area (Å²) in [5.41, 5.74) is 0.134. The lowest BCUT2D eigenvalue weighted by atomic mass is 9.72. The molecule has 2 heterocycles. The number of ether oxygens (including phenoxy) is 1. The molecule has 0 radical (unpaired) electrons. The van der Waals surface area contributed by atoms with Crippen LogP contribution in [0.1, 0.15) is 41.6 Å². The molecule has 2 aromatic carbocycles. The standard InChI is InChI=1S/C24H24BrF2NO3/c25-18-3-1-17(2-4-18)24(9-13-31-14-10-24)23(30)28-11-7-16(8-12-28)22(29)20-15-19(26)5-6-21(20)27/h1-6,15-16H,7-14H2. The van der Waals surface area contributed by atoms with Gasteiger partial charge in [0.1, 0.15) is 11.6 Å². The van der Waals surface area contributed by atoms with Gasteiger partial charge in [-0.05, 0) is 61.6 Å². The fourth-order valence-electron chi connectivity index (χ4n) is 4.67. The zero-order chi connectivity index (χ0) is 22.0. The number of hydrogen-bond acceptors (Lipinski definition) is 3. The highest BCUT2D eigenvalue weighted by molar-refractivity contribution is 9.10. The van der Waals surface area contributed by atoms with Crippen LogP contribution in [0.3, 0.4) is 0 Å². The van der Waals surface area contributed by atoms with Gasteiger partial charge in [-0.1, -0.05) is 28.1 Å². The Labute approximate surface area is 188 Å². The van der Waals surface area contributed by atoms with Crippen molar-refractivity contribution in [2.24, 2.45) is 5.92 Å². The molecule has 7 heteroatoms. The van der Waals surface area contributed by atoms with Crippen molar-refractivity contribution in [2.75, 3.05) is 26.3 Å². The fourth-order valence-corrected chi connectivity index (χ4v) is 4.93. The van der Waals surface area contributed by atoms with Crippen molar-refractivity contribution in [2.45, 2.75) is 31.1 Å². The number of likely N-dealkylation sites (tertiary alicyclic amines) is 1. The van der Waals surface area contributed by atoms with Crippen LogP contribution in [0.5, 0.6) is 0 Å². The second-order valence-electron chi connectivity index (χ2n) is 8.26. The number of Topliss-reactive ketones (excluding diaryl/α,β-unsaturated/α-hetero) is 1. The number of rotatable bonds is 4. The maximum atomic E-state index is 14.0. The Morgan fingerprint density at radius 1 is 1.00 bits per heavy atom. The summed E-state index contributed by atoms with van der Waals surface area (Å²) in [6.45, 7) is 1.89. The maximum Gasteiger partial charge on any atom is 0.233 e. The lowest BCUT2D eigenvalue weighted by Crippen LogP contribution is -2.52. The van der Waals surface area contributed by atoms with E-state index in [1.807, 2.05) is 29.2 Å². The smallest absolute Gasteiger partial charge is 0.233 e. The fraction of sp³-hybridized carbons (Fsp3) is 0.417. The van der Waals surface area contributed by atoms with E-state index in [4.69, 9.17) is 4.74 Å². The molecule has 0 unspecified atom stereocenters. The molecule has 2 aromatic rings. The quantitative estimate of drug-likeness (QED) is 0.571. The van der Waals surface area contributed by atoms with E-state index in [1.54, 1.807) is 0 Å². The van der Waals surface area contributed by atoms with Crippen LogP contribution in [0.4, 0.5) is 8.78 Å². The second kappa shape index (κ2) is 9.17. The predicted molar refractivity (Wildman–Crippen MR) is 116 cm³/mol. The van der Waals surface area contributed by atoms with E-state index in [0.29, 0.717) is 52.0 Å². The first-order valence-corrected chi connectivity index (χ1v) is 11.3. The molecule has 1 amide bonds. The number of halogens is 3. The van der Waals surface area contributed by atoms with Gasteiger partial charge in [0.05, 0.1) is 11.0 Å². The second-order valence-corrected chi connectivity index (χ2v) is 9.17. The van der Waals surface area contributed by atoms with E-state index >= 15 is 0 Å². The number of amides is 1. The minimum atomic E-state index is -0.707. The van der Waals surface area contributed by atoms with E-state index in [9.17, 15) is 18.4 Å². The Morgan fingerprint density at radius 2 is 1.65 bits per heavy atom. The van der Waals surface area contributed by atoms with Crippen molar-refractivity contribution in [1.82, 2.24) is 4.90 Å². The van der Waals surface area contributed by atoms with Gasteiger partial charge in [-0.2, -0.15) is 0 Å². The molecule has 0 saturated carbocycles. The topological polar surface area (TPSA) is 46.6 Å². The van der Waals surface area contributed by atoms with Crippen molar-refractivity contribution in [3.63, 3.8) is 0 Å². The molecular weight excluding hydrogens is 468 g/mol. The third-order valence-corrected chi connectivity index (χ3v) is 7.03. The van der Waals surface area contributed by atoms with Gasteiger partial charge in [0.25, 0.3) is 0 Å². The van der Waals surface area contributed by atoms with Crippen molar-refractivity contribution < 1.29 is 23.1 Å². The Balaban J connectivity index is 1.49. The first-order chi connectivity index (χ1) is 14.9. The number of nitrogens with zero attached hydrogens (tertiary/aromatic N) is 1. The van der Waals surface area contributed by atoms with E-state index in [2.05, 4.69) is 15.9 Å². The lowest BCUT2D eigenvalue weighted by molar-refractivity contribution is -0.142. The maximum absolute atomic E-state index is 14.0. The minimum absolute atomic E-state index is 0.0564. The number of piperidine rings is 1. The first kappa shape index (κ1) is 22.1. The van der Waals surface area contributed by atoms with Crippen molar-refractivity contribution in [1.29, 1.82) is 0 Å². The zero-order valence-electron chi connectivity index (χ0n) is 17.1. The Kier molecular flexibility index (Phi) is 6.53. The minimum Gasteiger partial charge on any atom is -0.381 e. The molecule has 2 saturated heterocycles. The molecule has 0 bridgehead atoms. The van der Waals surface area contributed by atoms with E-state index < -0.39 is 28.8 Å². The average Bonchev–Trinajstić information content (AvgIpc) is 2.80. The highest BCUT2D eigenvalue weighted by Crippen LogP contribution is 2.38. The number of hydrogen-bond donors (Lipinski definition) is 0. The van der Waals surface area contributed by atoms with Gasteiger partial charge in [-0.15, -0.1) is 0 Å². The number of carbonyl (C=O) groups is 2. The molecular formula is C24H24BrF2NO3. The van der Waals surface area contributed by atoms with Crippen molar-refractivity contribution in [3.05, 3.63) is 69.7 Å². The first-order valence-electron chi connectivity index (χ1n) is 10.5. The van der Waals surface area contributed by atoms with Gasteiger partial charge < -0.3 is 9.64 Å². The average molecular weight is 492 g/mol. The Bertz CT molecular complexity index is 965. The normalized spacial score (nSPS) is 19.3. The summed E-state index contributed by atoms with van der Waals surface area (Å²) in [5, 5.41) is 0. The number of ketones is 1. The highest BCUT2D eigenvalue weighted by atomic mass is 79.9. The summed E-state index contributed by atoms with van der Waals surface area (Å²) in [4.78, 5) is 28.2. The van der Waals surface area contributed by atoms with Gasteiger partial charge in [0.2, 0.25) is 5.91 Å². The third kappa shape index (κ3) is 4.44. The predicted octanol–water partition coefficient (Wildman–Crippen LogP) is 4.90. The Morgan fingerprint density at radius 3 is 2.29 bits per heavy atom. The van der Waals surface area contributed by atoms with Crippen LogP contribution in [0, 0.1) is 17.6 Å². The van der Waals surface area contributed by atoms with Gasteiger partial charge in [-0.3, -0.25) is 9.59 Å². The molecule has 2 aliphatic rings. The van der Waals surface area contributed by atoms with Crippen LogP contribution in [-0.4, -0.2) is 42.9 Å². The molecule has 4 nitrogen and oxygen atoms in total. The van der Waals surface area contributed by atoms with Crippen LogP contribution in [0.15, 0.2) is 46.9 Å². The van der Waals surface area contributed by atoms with Crippen LogP contribution in [-0.2, 0) is 14.9 Å². The molecule has 0 aromatic heterocycles. The summed E-state index contributed by atoms with van der Waals surface area (Å²) in [5.74, 6) is -2.09. The summed E-state index contributed by atoms with van der Waals surface area (Å²) >= 11 is 3.45. The SMILES string of the molecule is O=C(c1cc(F)ccc1F)C1CCN(C(=O)C2(c3ccc(Br)cc3)CCOCC2)CC1. The van der Waals surface area contributed by atoms with Gasteiger partial charge in [-0.25, -0.2) is 8.78 Å². The number of benzene rings is 2. The van der Waals surface area contributed by atoms with E-state index in [0.717, 1.165) is 28.2 Å². The molecule has 31 heavy (non-hydrogen) atoms. The third-order valence-electron chi connectivity index (χ3n) is 6.50. The zero-order valence-corrected chi connectivity index (χ0v) is 18.7. The highest BCUT2D eigenvalue weighted by Gasteiger charge is 2.45. The summed E-state index contributed by atoms with van der Waals surface area (Å²) in [6, 6.07) is 10.8. The number of carbonyl (C=O) groups excluding carboxylic acids is 2. The van der Waals surface area contributed by atoms with Gasteiger partial charge in [0, 0.05) is 36.7 Å². The van der Waals surface area contributed by atoms with Crippen LogP contribution >= 0.6 is 15.9 Å². The van der Waals surface area contributed by atoms with Crippen LogP contribution < -0.4 is 0 Å². The molecule has 164 valence electrons. The van der Waals surface area contributed by atoms with Gasteiger partial charge >= 0.3 is 0 Å². The molecule has 0 spiro atoms. The van der Waals surface area contributed by atoms with E-state index in [1.165, 1.54) is 0 Å². The summed E-state index contributed by atoms with van der Waals surface area (Å²) < 4.78 is 34.0. The lowest BCUT2D eigenvalue weighted by Gasteiger charge is -2.42. The summed E-state index contributed by atoms with van der Waals surface area (Å²) in [7, 11) is 0. The molecule has 2 aliphatic heterocycles. The van der Waals surface area contributed by atoms with E-state index in [-0.39, 0.29) is 11.5 Å². The molecule has 0 atom stereocenters. The molecule has 4 rings (SSSR count). The molecule has 2 fully saturated rings.